The number of nitrogens with zero attached hydrogens (tertiary/aromatic N) is 1. The van der Waals surface area contributed by atoms with Crippen molar-refractivity contribution >= 4 is 18.9 Å². The molecule has 2 nitrogen and oxygen atoms in total. The Bertz CT molecular complexity index is 631. The Kier molecular flexibility index (Phi) is 3.60. The highest BCUT2D eigenvalue weighted by Gasteiger charge is 2.61. The van der Waals surface area contributed by atoms with Crippen molar-refractivity contribution in [1.82, 2.24) is 0 Å². The number of nitrogens with two attached hydrogens (primary N) is 1. The molecule has 1 fully saturated rings. The molecule has 0 saturated heterocycles. The average Bonchev–Trinajstić information content (AvgIpc) is 2.47. The summed E-state index contributed by atoms with van der Waals surface area (Å²) in [6.45, 7) is 17.1. The first kappa shape index (κ1) is 17.0. The third kappa shape index (κ3) is 2.09. The smallest absolute Gasteiger partial charge is 0.0776 e. The van der Waals surface area contributed by atoms with Crippen LogP contribution in [0.4, 0.5) is 5.69 Å². The van der Waals surface area contributed by atoms with Gasteiger partial charge in [0.15, 0.2) is 0 Å². The van der Waals surface area contributed by atoms with Gasteiger partial charge >= 0.3 is 0 Å². The number of anilines is 1. The molecular formula is C20H34N2Si. The summed E-state index contributed by atoms with van der Waals surface area (Å²) in [5.41, 5.74) is 3.10. The maximum Gasteiger partial charge on any atom is 0.0776 e. The number of hydrazine groups is 1. The van der Waals surface area contributed by atoms with Crippen molar-refractivity contribution in [2.24, 2.45) is 11.3 Å². The van der Waals surface area contributed by atoms with Crippen LogP contribution in [0.1, 0.15) is 58.9 Å². The maximum absolute atomic E-state index is 6.75. The molecule has 2 N–H and O–H groups in total. The molecule has 1 aliphatic heterocycles. The molecule has 0 amide bonds. The minimum Gasteiger partial charge on any atom is -0.304 e. The Labute approximate surface area is 143 Å². The molecule has 1 aliphatic carbocycles. The van der Waals surface area contributed by atoms with Crippen LogP contribution < -0.4 is 16.0 Å². The summed E-state index contributed by atoms with van der Waals surface area (Å²) in [4.78, 5) is 0. The largest absolute Gasteiger partial charge is 0.304 e. The van der Waals surface area contributed by atoms with E-state index in [1.807, 2.05) is 0 Å². The zero-order valence-electron chi connectivity index (χ0n) is 16.1. The molecule has 2 aliphatic rings. The van der Waals surface area contributed by atoms with Crippen molar-refractivity contribution < 1.29 is 0 Å². The number of hydrogen-bond donors (Lipinski definition) is 1. The van der Waals surface area contributed by atoms with Gasteiger partial charge < -0.3 is 5.01 Å². The van der Waals surface area contributed by atoms with Gasteiger partial charge in [0.2, 0.25) is 0 Å². The van der Waals surface area contributed by atoms with Crippen LogP contribution in [0, 0.1) is 5.41 Å². The fourth-order valence-electron chi connectivity index (χ4n) is 5.14. The van der Waals surface area contributed by atoms with Gasteiger partial charge in [-0.25, -0.2) is 5.84 Å². The molecule has 0 bridgehead atoms. The van der Waals surface area contributed by atoms with E-state index in [-0.39, 0.29) is 16.4 Å². The number of rotatable bonds is 1. The normalized spacial score (nSPS) is 33.1. The summed E-state index contributed by atoms with van der Waals surface area (Å²) < 4.78 is 0. The van der Waals surface area contributed by atoms with Gasteiger partial charge in [-0.1, -0.05) is 70.6 Å². The van der Waals surface area contributed by atoms with Crippen LogP contribution in [0.5, 0.6) is 0 Å². The topological polar surface area (TPSA) is 29.3 Å². The number of hydrogen-bond acceptors (Lipinski definition) is 2. The van der Waals surface area contributed by atoms with Crippen LogP contribution >= 0.6 is 0 Å². The molecule has 2 atom stereocenters. The second kappa shape index (κ2) is 4.86. The lowest BCUT2D eigenvalue weighted by molar-refractivity contribution is 0.00359. The summed E-state index contributed by atoms with van der Waals surface area (Å²) in [6.07, 6.45) is 5.07. The van der Waals surface area contributed by atoms with Crippen LogP contribution in [0.3, 0.4) is 0 Å². The van der Waals surface area contributed by atoms with E-state index >= 15 is 0 Å². The molecule has 3 heteroatoms. The van der Waals surface area contributed by atoms with E-state index in [0.717, 1.165) is 0 Å². The lowest BCUT2D eigenvalue weighted by Crippen LogP contribution is -2.70. The van der Waals surface area contributed by atoms with E-state index in [4.69, 9.17) is 5.84 Å². The van der Waals surface area contributed by atoms with Gasteiger partial charge in [0.1, 0.15) is 0 Å². The SMILES string of the molecule is CC1(C)c2cc([Si](C)(C)C)ccc2N(N)C2(C)CCCCC12C. The Hall–Kier alpha value is -0.803. The van der Waals surface area contributed by atoms with Gasteiger partial charge in [-0.05, 0) is 36.8 Å². The van der Waals surface area contributed by atoms with Gasteiger partial charge in [-0.15, -0.1) is 0 Å². The monoisotopic (exact) mass is 330 g/mol. The summed E-state index contributed by atoms with van der Waals surface area (Å²) in [7, 11) is -1.32. The first-order valence-electron chi connectivity index (χ1n) is 9.15. The van der Waals surface area contributed by atoms with E-state index in [1.54, 1.807) is 5.19 Å². The van der Waals surface area contributed by atoms with Gasteiger partial charge in [0.25, 0.3) is 0 Å². The van der Waals surface area contributed by atoms with Gasteiger partial charge in [0, 0.05) is 5.41 Å². The minimum atomic E-state index is -1.32. The van der Waals surface area contributed by atoms with E-state index < -0.39 is 8.07 Å². The van der Waals surface area contributed by atoms with Crippen LogP contribution in [-0.4, -0.2) is 13.6 Å². The fraction of sp³-hybridized carbons (Fsp3) is 0.700. The molecule has 3 rings (SSSR count). The highest BCUT2D eigenvalue weighted by molar-refractivity contribution is 6.88. The van der Waals surface area contributed by atoms with Crippen molar-refractivity contribution in [2.45, 2.75) is 84.0 Å². The van der Waals surface area contributed by atoms with Crippen LogP contribution in [0.2, 0.25) is 19.6 Å². The highest BCUT2D eigenvalue weighted by atomic mass is 28.3. The van der Waals surface area contributed by atoms with Crippen LogP contribution in [0.25, 0.3) is 0 Å². The van der Waals surface area contributed by atoms with Crippen molar-refractivity contribution in [3.05, 3.63) is 23.8 Å². The molecule has 1 aromatic carbocycles. The second-order valence-corrected chi connectivity index (χ2v) is 14.9. The molecule has 2 unspecified atom stereocenters. The second-order valence-electron chi connectivity index (χ2n) is 9.79. The molecule has 0 spiro atoms. The van der Waals surface area contributed by atoms with E-state index in [1.165, 1.54) is 36.9 Å². The van der Waals surface area contributed by atoms with E-state index in [9.17, 15) is 0 Å². The van der Waals surface area contributed by atoms with Crippen molar-refractivity contribution in [3.63, 3.8) is 0 Å². The summed E-state index contributed by atoms with van der Waals surface area (Å²) >= 11 is 0. The standard InChI is InChI=1S/C20H34N2Si/c1-18(2)16-14-15(23(5,6)7)10-11-17(16)22(21)20(4)13-9-8-12-19(18,20)3/h10-11,14H,8-9,12-13,21H2,1-7H3. The lowest BCUT2D eigenvalue weighted by Gasteiger charge is -2.65. The van der Waals surface area contributed by atoms with Gasteiger partial charge in [-0.3, -0.25) is 0 Å². The zero-order valence-corrected chi connectivity index (χ0v) is 17.1. The Balaban J connectivity index is 2.26. The third-order valence-corrected chi connectivity index (χ3v) is 9.53. The van der Waals surface area contributed by atoms with Crippen molar-refractivity contribution in [3.8, 4) is 0 Å². The predicted molar refractivity (Wildman–Crippen MR) is 104 cm³/mol. The molecule has 1 heterocycles. The zero-order chi connectivity index (χ0) is 17.3. The Morgan fingerprint density at radius 3 is 2.22 bits per heavy atom. The Morgan fingerprint density at radius 2 is 1.61 bits per heavy atom. The van der Waals surface area contributed by atoms with Gasteiger partial charge in [-0.2, -0.15) is 0 Å². The highest BCUT2D eigenvalue weighted by Crippen LogP contribution is 2.62. The molecule has 0 radical (unpaired) electrons. The van der Waals surface area contributed by atoms with Gasteiger partial charge in [0.05, 0.1) is 19.3 Å². The van der Waals surface area contributed by atoms with E-state index in [2.05, 4.69) is 70.5 Å². The van der Waals surface area contributed by atoms with Crippen LogP contribution in [-0.2, 0) is 5.41 Å². The minimum absolute atomic E-state index is 0.0441. The Morgan fingerprint density at radius 1 is 1.00 bits per heavy atom. The predicted octanol–water partition coefficient (Wildman–Crippen LogP) is 4.54. The van der Waals surface area contributed by atoms with Crippen molar-refractivity contribution in [2.75, 3.05) is 5.01 Å². The summed E-state index contributed by atoms with van der Waals surface area (Å²) in [6, 6.07) is 7.11. The molecular weight excluding hydrogens is 296 g/mol. The molecule has 0 aromatic heterocycles. The molecule has 128 valence electrons. The summed E-state index contributed by atoms with van der Waals surface area (Å²) in [5.74, 6) is 6.75. The summed E-state index contributed by atoms with van der Waals surface area (Å²) in [5, 5.41) is 3.67. The first-order valence-corrected chi connectivity index (χ1v) is 12.7. The van der Waals surface area contributed by atoms with Crippen molar-refractivity contribution in [1.29, 1.82) is 0 Å². The maximum atomic E-state index is 6.75. The fourth-order valence-corrected chi connectivity index (χ4v) is 6.30. The average molecular weight is 331 g/mol. The molecule has 1 saturated carbocycles. The van der Waals surface area contributed by atoms with Crippen LogP contribution in [0.15, 0.2) is 18.2 Å². The molecule has 23 heavy (non-hydrogen) atoms. The lowest BCUT2D eigenvalue weighted by atomic mass is 9.47. The first-order chi connectivity index (χ1) is 10.5. The quantitative estimate of drug-likeness (QED) is 0.605. The third-order valence-electron chi connectivity index (χ3n) is 7.49. The van der Waals surface area contributed by atoms with E-state index in [0.29, 0.717) is 0 Å². The molecule has 1 aromatic rings. The number of benzene rings is 1. The number of fused-ring (bicyclic) bond motifs is 2.